The summed E-state index contributed by atoms with van der Waals surface area (Å²) < 4.78 is 0.797. The van der Waals surface area contributed by atoms with Gasteiger partial charge in [-0.05, 0) is 0 Å². The van der Waals surface area contributed by atoms with Crippen molar-refractivity contribution in [3.63, 3.8) is 0 Å². The van der Waals surface area contributed by atoms with Crippen LogP contribution in [0.2, 0.25) is 0 Å². The number of aliphatic hydroxyl groups is 1. The van der Waals surface area contributed by atoms with Crippen LogP contribution < -0.4 is 0 Å². The fourth-order valence-corrected chi connectivity index (χ4v) is 3.49. The number of rotatable bonds is 3. The Hall–Kier alpha value is -1.19. The Labute approximate surface area is 108 Å². The molecule has 96 valence electrons. The van der Waals surface area contributed by atoms with Crippen LogP contribution in [-0.2, 0) is 0 Å². The molecule has 0 saturated carbocycles. The number of hydrogen-bond acceptors (Lipinski definition) is 2. The zero-order valence-electron chi connectivity index (χ0n) is 10.6. The maximum atomic E-state index is 12.3. The summed E-state index contributed by atoms with van der Waals surface area (Å²) >= 11 is 0. The number of piperidine rings is 3. The van der Waals surface area contributed by atoms with Crippen molar-refractivity contribution in [1.29, 1.82) is 0 Å². The maximum Gasteiger partial charge on any atom is 0.216 e. The Morgan fingerprint density at radius 1 is 1.22 bits per heavy atom. The van der Waals surface area contributed by atoms with Gasteiger partial charge in [-0.25, -0.2) is 0 Å². The summed E-state index contributed by atoms with van der Waals surface area (Å²) in [6.45, 7) is 3.43. The minimum absolute atomic E-state index is 0.198. The molecule has 0 unspecified atom stereocenters. The van der Waals surface area contributed by atoms with Crippen molar-refractivity contribution in [2.45, 2.75) is 18.9 Å². The smallest absolute Gasteiger partial charge is 0.216 e. The summed E-state index contributed by atoms with van der Waals surface area (Å²) in [7, 11) is 0. The van der Waals surface area contributed by atoms with Crippen LogP contribution in [0, 0.1) is 5.92 Å². The first-order chi connectivity index (χ1) is 8.69. The van der Waals surface area contributed by atoms with Crippen LogP contribution in [-0.4, -0.2) is 47.7 Å². The van der Waals surface area contributed by atoms with Crippen LogP contribution in [0.4, 0.5) is 0 Å². The van der Waals surface area contributed by atoms with Gasteiger partial charge in [0.1, 0.15) is 19.2 Å². The molecule has 3 heteroatoms. The SMILES string of the molecule is O=C(C[N+]12CCC(CC1)[C@H](O)C2)c1ccccc1. The predicted molar refractivity (Wildman–Crippen MR) is 69.2 cm³/mol. The van der Waals surface area contributed by atoms with Gasteiger partial charge < -0.3 is 9.59 Å². The third-order valence-corrected chi connectivity index (χ3v) is 4.64. The monoisotopic (exact) mass is 246 g/mol. The van der Waals surface area contributed by atoms with E-state index in [0.29, 0.717) is 12.5 Å². The Morgan fingerprint density at radius 2 is 1.89 bits per heavy atom. The Kier molecular flexibility index (Phi) is 2.96. The molecule has 4 rings (SSSR count). The molecule has 1 aromatic carbocycles. The molecule has 3 fully saturated rings. The number of benzene rings is 1. The van der Waals surface area contributed by atoms with Crippen LogP contribution in [0.15, 0.2) is 30.3 Å². The molecule has 0 aliphatic carbocycles. The molecule has 2 bridgehead atoms. The molecule has 18 heavy (non-hydrogen) atoms. The van der Waals surface area contributed by atoms with Gasteiger partial charge in [0.25, 0.3) is 0 Å². The summed E-state index contributed by atoms with van der Waals surface area (Å²) in [6, 6.07) is 9.51. The number of Topliss-reactive ketones (excluding diaryl/α,β-unsaturated/α-hetero) is 1. The first kappa shape index (κ1) is 11.9. The molecule has 0 radical (unpaired) electrons. The fourth-order valence-electron chi connectivity index (χ4n) is 3.49. The first-order valence-electron chi connectivity index (χ1n) is 6.80. The molecule has 0 amide bonds. The van der Waals surface area contributed by atoms with Crippen molar-refractivity contribution in [3.8, 4) is 0 Å². The van der Waals surface area contributed by atoms with Crippen molar-refractivity contribution in [2.24, 2.45) is 5.92 Å². The van der Waals surface area contributed by atoms with Crippen molar-refractivity contribution >= 4 is 5.78 Å². The highest BCUT2D eigenvalue weighted by Crippen LogP contribution is 2.33. The number of carbonyl (C=O) groups excluding carboxylic acids is 1. The fraction of sp³-hybridized carbons (Fsp3) is 0.533. The van der Waals surface area contributed by atoms with Gasteiger partial charge in [-0.2, -0.15) is 0 Å². The minimum Gasteiger partial charge on any atom is -0.387 e. The molecule has 0 spiro atoms. The van der Waals surface area contributed by atoms with E-state index in [-0.39, 0.29) is 11.9 Å². The standard InChI is InChI=1S/C15H20NO2/c17-14(12-4-2-1-3-5-12)10-16-8-6-13(7-9-16)15(18)11-16/h1-5,13,15,18H,6-11H2/q+1/t13?,15-,16?/m1/s1. The van der Waals surface area contributed by atoms with E-state index in [2.05, 4.69) is 0 Å². The van der Waals surface area contributed by atoms with E-state index >= 15 is 0 Å². The van der Waals surface area contributed by atoms with E-state index in [1.807, 2.05) is 30.3 Å². The zero-order valence-corrected chi connectivity index (χ0v) is 10.6. The minimum atomic E-state index is -0.198. The van der Waals surface area contributed by atoms with Gasteiger partial charge in [0.05, 0.1) is 13.1 Å². The second-order valence-electron chi connectivity index (χ2n) is 5.82. The molecule has 1 N–H and O–H groups in total. The van der Waals surface area contributed by atoms with Gasteiger partial charge >= 0.3 is 0 Å². The normalized spacial score (nSPS) is 34.5. The number of nitrogens with zero attached hydrogens (tertiary/aromatic N) is 1. The van der Waals surface area contributed by atoms with Crippen LogP contribution in [0.25, 0.3) is 0 Å². The quantitative estimate of drug-likeness (QED) is 0.648. The number of fused-ring (bicyclic) bond motifs is 3. The Balaban J connectivity index is 1.74. The summed E-state index contributed by atoms with van der Waals surface area (Å²) in [5.74, 6) is 0.694. The van der Waals surface area contributed by atoms with E-state index in [4.69, 9.17) is 0 Å². The topological polar surface area (TPSA) is 37.3 Å². The summed E-state index contributed by atoms with van der Waals surface area (Å²) in [6.07, 6.45) is 1.95. The van der Waals surface area contributed by atoms with Gasteiger partial charge in [-0.3, -0.25) is 4.79 Å². The maximum absolute atomic E-state index is 12.3. The molecular formula is C15H20NO2+. The Morgan fingerprint density at radius 3 is 2.50 bits per heavy atom. The number of aliphatic hydroxyl groups excluding tert-OH is 1. The molecule has 3 heterocycles. The summed E-state index contributed by atoms with van der Waals surface area (Å²) in [5, 5.41) is 10.0. The molecule has 1 atom stereocenters. The van der Waals surface area contributed by atoms with Crippen LogP contribution in [0.3, 0.4) is 0 Å². The highest BCUT2D eigenvalue weighted by atomic mass is 16.3. The van der Waals surface area contributed by atoms with Gasteiger partial charge in [0, 0.05) is 24.3 Å². The summed E-state index contributed by atoms with van der Waals surface area (Å²) in [4.78, 5) is 12.3. The van der Waals surface area contributed by atoms with Crippen molar-refractivity contribution in [3.05, 3.63) is 35.9 Å². The largest absolute Gasteiger partial charge is 0.387 e. The average Bonchev–Trinajstić information content (AvgIpc) is 2.40. The van der Waals surface area contributed by atoms with E-state index in [1.165, 1.54) is 0 Å². The molecule has 1 aromatic rings. The average molecular weight is 246 g/mol. The highest BCUT2D eigenvalue weighted by molar-refractivity contribution is 5.96. The lowest BCUT2D eigenvalue weighted by Gasteiger charge is -2.50. The lowest BCUT2D eigenvalue weighted by Crippen LogP contribution is -2.65. The lowest BCUT2D eigenvalue weighted by atomic mass is 9.83. The van der Waals surface area contributed by atoms with Gasteiger partial charge in [-0.15, -0.1) is 0 Å². The lowest BCUT2D eigenvalue weighted by molar-refractivity contribution is -0.938. The van der Waals surface area contributed by atoms with Gasteiger partial charge in [0.2, 0.25) is 5.78 Å². The third kappa shape index (κ3) is 2.08. The second kappa shape index (κ2) is 4.48. The van der Waals surface area contributed by atoms with Gasteiger partial charge in [-0.1, -0.05) is 30.3 Å². The van der Waals surface area contributed by atoms with E-state index < -0.39 is 0 Å². The molecular weight excluding hydrogens is 226 g/mol. The molecule has 3 aliphatic rings. The van der Waals surface area contributed by atoms with Crippen molar-refractivity contribution in [2.75, 3.05) is 26.2 Å². The van der Waals surface area contributed by atoms with Crippen molar-refractivity contribution < 1.29 is 14.4 Å². The number of ketones is 1. The third-order valence-electron chi connectivity index (χ3n) is 4.64. The first-order valence-corrected chi connectivity index (χ1v) is 6.80. The van der Waals surface area contributed by atoms with Crippen LogP contribution in [0.5, 0.6) is 0 Å². The number of carbonyl (C=O) groups is 1. The number of quaternary nitrogens is 1. The molecule has 3 aliphatic heterocycles. The van der Waals surface area contributed by atoms with E-state index in [1.54, 1.807) is 0 Å². The number of hydrogen-bond donors (Lipinski definition) is 1. The highest BCUT2D eigenvalue weighted by Gasteiger charge is 2.46. The zero-order chi connectivity index (χ0) is 12.6. The Bertz CT molecular complexity index is 435. The predicted octanol–water partition coefficient (Wildman–Crippen LogP) is 1.47. The van der Waals surface area contributed by atoms with Crippen molar-refractivity contribution in [1.82, 2.24) is 0 Å². The van der Waals surface area contributed by atoms with E-state index in [0.717, 1.165) is 42.5 Å². The van der Waals surface area contributed by atoms with Crippen LogP contribution >= 0.6 is 0 Å². The second-order valence-corrected chi connectivity index (χ2v) is 5.82. The van der Waals surface area contributed by atoms with Crippen LogP contribution in [0.1, 0.15) is 23.2 Å². The molecule has 3 nitrogen and oxygen atoms in total. The summed E-state index contributed by atoms with van der Waals surface area (Å²) in [5.41, 5.74) is 0.798. The molecule has 0 aromatic heterocycles. The molecule has 3 saturated heterocycles. The van der Waals surface area contributed by atoms with E-state index in [9.17, 15) is 9.90 Å². The van der Waals surface area contributed by atoms with Gasteiger partial charge in [0.15, 0.2) is 0 Å².